The number of hydrogen-bond acceptors (Lipinski definition) is 2. The van der Waals surface area contributed by atoms with Gasteiger partial charge in [0.15, 0.2) is 11.6 Å². The third-order valence-electron chi connectivity index (χ3n) is 3.95. The van der Waals surface area contributed by atoms with Crippen LogP contribution in [-0.2, 0) is 11.2 Å². The average molecular weight is 310 g/mol. The highest BCUT2D eigenvalue weighted by atomic mass is 19.2. The quantitative estimate of drug-likeness (QED) is 0.704. The highest BCUT2D eigenvalue weighted by Crippen LogP contribution is 2.26. The van der Waals surface area contributed by atoms with Crippen LogP contribution in [-0.4, -0.2) is 13.2 Å². The summed E-state index contributed by atoms with van der Waals surface area (Å²) in [5, 5.41) is 0. The van der Waals surface area contributed by atoms with Gasteiger partial charge >= 0.3 is 0 Å². The second-order valence-electron chi connectivity index (χ2n) is 5.66. The van der Waals surface area contributed by atoms with E-state index in [1.54, 1.807) is 13.0 Å². The molecule has 0 saturated carbocycles. The summed E-state index contributed by atoms with van der Waals surface area (Å²) in [5.74, 6) is -0.263. The summed E-state index contributed by atoms with van der Waals surface area (Å²) in [6.07, 6.45) is 6.47. The Morgan fingerprint density at radius 2 is 2.00 bits per heavy atom. The van der Waals surface area contributed by atoms with Crippen molar-refractivity contribution in [2.45, 2.75) is 46.0 Å². The molecule has 0 radical (unpaired) electrons. The van der Waals surface area contributed by atoms with E-state index in [-0.39, 0.29) is 5.75 Å². The molecule has 1 aromatic carbocycles. The molecule has 0 fully saturated rings. The SMILES string of the molecule is CCCC1CC=C(CCc2ccc(OCC)c(F)c2F)OC1. The summed E-state index contributed by atoms with van der Waals surface area (Å²) in [4.78, 5) is 0. The van der Waals surface area contributed by atoms with Crippen molar-refractivity contribution in [1.82, 2.24) is 0 Å². The fourth-order valence-corrected chi connectivity index (χ4v) is 2.72. The lowest BCUT2D eigenvalue weighted by atomic mass is 9.97. The first-order valence-corrected chi connectivity index (χ1v) is 8.07. The van der Waals surface area contributed by atoms with Crippen LogP contribution >= 0.6 is 0 Å². The second kappa shape index (κ2) is 8.16. The molecule has 122 valence electrons. The predicted molar refractivity (Wildman–Crippen MR) is 82.9 cm³/mol. The lowest BCUT2D eigenvalue weighted by molar-refractivity contribution is 0.134. The highest BCUT2D eigenvalue weighted by molar-refractivity contribution is 5.31. The van der Waals surface area contributed by atoms with Crippen molar-refractivity contribution in [3.63, 3.8) is 0 Å². The number of ether oxygens (including phenoxy) is 2. The van der Waals surface area contributed by atoms with Gasteiger partial charge in [-0.1, -0.05) is 19.4 Å². The number of rotatable bonds is 7. The Balaban J connectivity index is 1.94. The summed E-state index contributed by atoms with van der Waals surface area (Å²) in [5.41, 5.74) is 0.362. The van der Waals surface area contributed by atoms with Gasteiger partial charge in [-0.05, 0) is 49.8 Å². The molecule has 0 aromatic heterocycles. The highest BCUT2D eigenvalue weighted by Gasteiger charge is 2.17. The molecule has 0 spiro atoms. The molecule has 1 heterocycles. The lowest BCUT2D eigenvalue weighted by Gasteiger charge is -2.22. The Bertz CT molecular complexity index is 526. The van der Waals surface area contributed by atoms with Crippen molar-refractivity contribution < 1.29 is 18.3 Å². The molecule has 1 unspecified atom stereocenters. The molecular formula is C18H24F2O2. The van der Waals surface area contributed by atoms with Crippen LogP contribution in [0, 0.1) is 17.6 Å². The lowest BCUT2D eigenvalue weighted by Crippen LogP contribution is -2.14. The molecule has 0 aliphatic carbocycles. The maximum absolute atomic E-state index is 14.0. The molecule has 4 heteroatoms. The fraction of sp³-hybridized carbons (Fsp3) is 0.556. The molecule has 2 rings (SSSR count). The zero-order valence-corrected chi connectivity index (χ0v) is 13.3. The van der Waals surface area contributed by atoms with Gasteiger partial charge in [0.25, 0.3) is 0 Å². The van der Waals surface area contributed by atoms with Gasteiger partial charge < -0.3 is 9.47 Å². The van der Waals surface area contributed by atoms with Crippen LogP contribution in [0.5, 0.6) is 5.75 Å². The Morgan fingerprint density at radius 3 is 2.64 bits per heavy atom. The summed E-state index contributed by atoms with van der Waals surface area (Å²) in [6, 6.07) is 3.08. The Labute approximate surface area is 131 Å². The van der Waals surface area contributed by atoms with E-state index in [1.807, 2.05) is 0 Å². The number of aryl methyl sites for hydroxylation is 1. The summed E-state index contributed by atoms with van der Waals surface area (Å²) in [7, 11) is 0. The number of hydrogen-bond donors (Lipinski definition) is 0. The van der Waals surface area contributed by atoms with E-state index in [0.29, 0.717) is 30.9 Å². The van der Waals surface area contributed by atoms with E-state index in [4.69, 9.17) is 9.47 Å². The van der Waals surface area contributed by atoms with Gasteiger partial charge in [0.2, 0.25) is 5.82 Å². The minimum Gasteiger partial charge on any atom is -0.498 e. The Morgan fingerprint density at radius 1 is 1.18 bits per heavy atom. The first-order valence-electron chi connectivity index (χ1n) is 8.07. The van der Waals surface area contributed by atoms with Gasteiger partial charge in [0, 0.05) is 6.42 Å². The van der Waals surface area contributed by atoms with Crippen molar-refractivity contribution in [3.8, 4) is 5.75 Å². The summed E-state index contributed by atoms with van der Waals surface area (Å²) < 4.78 is 38.6. The van der Waals surface area contributed by atoms with Crippen LogP contribution in [0.3, 0.4) is 0 Å². The normalized spacial score (nSPS) is 17.8. The topological polar surface area (TPSA) is 18.5 Å². The molecule has 22 heavy (non-hydrogen) atoms. The zero-order valence-electron chi connectivity index (χ0n) is 13.3. The van der Waals surface area contributed by atoms with Crippen LogP contribution < -0.4 is 4.74 Å². The summed E-state index contributed by atoms with van der Waals surface area (Å²) in [6.45, 7) is 4.96. The van der Waals surface area contributed by atoms with Crippen LogP contribution in [0.1, 0.15) is 45.1 Å². The molecule has 0 amide bonds. The van der Waals surface area contributed by atoms with Gasteiger partial charge in [0.05, 0.1) is 19.0 Å². The molecule has 1 aromatic rings. The zero-order chi connectivity index (χ0) is 15.9. The van der Waals surface area contributed by atoms with Crippen molar-refractivity contribution >= 4 is 0 Å². The van der Waals surface area contributed by atoms with E-state index in [1.165, 1.54) is 12.5 Å². The Hall–Kier alpha value is -1.58. The molecule has 1 aliphatic heterocycles. The molecule has 1 atom stereocenters. The molecule has 1 aliphatic rings. The van der Waals surface area contributed by atoms with Gasteiger partial charge in [-0.25, -0.2) is 4.39 Å². The smallest absolute Gasteiger partial charge is 0.200 e. The van der Waals surface area contributed by atoms with E-state index in [0.717, 1.165) is 25.2 Å². The van der Waals surface area contributed by atoms with Gasteiger partial charge in [0.1, 0.15) is 0 Å². The average Bonchev–Trinajstić information content (AvgIpc) is 2.53. The maximum Gasteiger partial charge on any atom is 0.200 e. The molecule has 2 nitrogen and oxygen atoms in total. The third-order valence-corrected chi connectivity index (χ3v) is 3.95. The standard InChI is InChI=1S/C18H24F2O2/c1-3-5-13-6-9-15(22-12-13)10-7-14-8-11-16(21-4-2)18(20)17(14)19/h8-9,11,13H,3-7,10,12H2,1-2H3. The van der Waals surface area contributed by atoms with Gasteiger partial charge in [-0.15, -0.1) is 0 Å². The number of benzene rings is 1. The van der Waals surface area contributed by atoms with E-state index >= 15 is 0 Å². The van der Waals surface area contributed by atoms with Gasteiger partial charge in [-0.3, -0.25) is 0 Å². The van der Waals surface area contributed by atoms with Crippen molar-refractivity contribution in [3.05, 3.63) is 41.2 Å². The van der Waals surface area contributed by atoms with Gasteiger partial charge in [-0.2, -0.15) is 4.39 Å². The minimum atomic E-state index is -0.902. The minimum absolute atomic E-state index is 0.0284. The van der Waals surface area contributed by atoms with Crippen molar-refractivity contribution in [2.24, 2.45) is 5.92 Å². The monoisotopic (exact) mass is 310 g/mol. The predicted octanol–water partition coefficient (Wildman–Crippen LogP) is 5.02. The van der Waals surface area contributed by atoms with Crippen molar-refractivity contribution in [2.75, 3.05) is 13.2 Å². The van der Waals surface area contributed by atoms with Crippen LogP contribution in [0.25, 0.3) is 0 Å². The Kier molecular flexibility index (Phi) is 6.22. The van der Waals surface area contributed by atoms with Crippen LogP contribution in [0.2, 0.25) is 0 Å². The fourth-order valence-electron chi connectivity index (χ4n) is 2.72. The molecule has 0 N–H and O–H groups in total. The maximum atomic E-state index is 14.0. The van der Waals surface area contributed by atoms with Crippen LogP contribution in [0.15, 0.2) is 24.0 Å². The molecule has 0 bridgehead atoms. The third kappa shape index (κ3) is 4.21. The number of allylic oxidation sites excluding steroid dienone is 2. The van der Waals surface area contributed by atoms with Crippen molar-refractivity contribution in [1.29, 1.82) is 0 Å². The number of halogens is 2. The van der Waals surface area contributed by atoms with Crippen LogP contribution in [0.4, 0.5) is 8.78 Å². The van der Waals surface area contributed by atoms with E-state index in [9.17, 15) is 8.78 Å². The van der Waals surface area contributed by atoms with E-state index < -0.39 is 11.6 Å². The molecular weight excluding hydrogens is 286 g/mol. The first-order chi connectivity index (χ1) is 10.7. The second-order valence-corrected chi connectivity index (χ2v) is 5.66. The summed E-state index contributed by atoms with van der Waals surface area (Å²) >= 11 is 0. The first kappa shape index (κ1) is 16.8. The molecule has 0 saturated heterocycles. The largest absolute Gasteiger partial charge is 0.498 e. The van der Waals surface area contributed by atoms with E-state index in [2.05, 4.69) is 13.0 Å².